The minimum absolute atomic E-state index is 0.0275. The minimum Gasteiger partial charge on any atom is -0.487 e. The number of thioether (sulfide) groups is 1. The first-order valence-electron chi connectivity index (χ1n) is 12.6. The van der Waals surface area contributed by atoms with Crippen LogP contribution in [0, 0.1) is 5.41 Å². The van der Waals surface area contributed by atoms with Gasteiger partial charge in [0.2, 0.25) is 0 Å². The third kappa shape index (κ3) is 6.95. The van der Waals surface area contributed by atoms with Crippen LogP contribution >= 0.6 is 11.8 Å². The van der Waals surface area contributed by atoms with Gasteiger partial charge in [0, 0.05) is 39.0 Å². The van der Waals surface area contributed by atoms with E-state index < -0.39 is 5.97 Å². The van der Waals surface area contributed by atoms with Crippen LogP contribution in [-0.2, 0) is 19.6 Å². The van der Waals surface area contributed by atoms with Gasteiger partial charge in [-0.2, -0.15) is 0 Å². The first-order valence-corrected chi connectivity index (χ1v) is 13.4. The maximum atomic E-state index is 11.3. The van der Waals surface area contributed by atoms with Gasteiger partial charge in [0.25, 0.3) is 0 Å². The van der Waals surface area contributed by atoms with Crippen LogP contribution in [0.1, 0.15) is 68.9 Å². The van der Waals surface area contributed by atoms with Gasteiger partial charge in [0.1, 0.15) is 12.4 Å². The van der Waals surface area contributed by atoms with Gasteiger partial charge in [-0.1, -0.05) is 59.7 Å². The Morgan fingerprint density at radius 2 is 1.73 bits per heavy atom. The summed E-state index contributed by atoms with van der Waals surface area (Å²) in [5.74, 6) is -0.0901. The van der Waals surface area contributed by atoms with Crippen molar-refractivity contribution < 1.29 is 14.6 Å². The maximum absolute atomic E-state index is 11.3. The third-order valence-corrected chi connectivity index (χ3v) is 7.12. The van der Waals surface area contributed by atoms with Crippen molar-refractivity contribution >= 4 is 28.6 Å². The molecule has 37 heavy (non-hydrogen) atoms. The fourth-order valence-corrected chi connectivity index (χ4v) is 5.49. The summed E-state index contributed by atoms with van der Waals surface area (Å²) >= 11 is 1.89. The molecule has 0 spiro atoms. The quantitative estimate of drug-likeness (QED) is 0.242. The Morgan fingerprint density at radius 1 is 1.00 bits per heavy atom. The lowest BCUT2D eigenvalue weighted by Gasteiger charge is -2.24. The van der Waals surface area contributed by atoms with Crippen LogP contribution in [0.3, 0.4) is 0 Å². The number of ether oxygens (including phenoxy) is 1. The van der Waals surface area contributed by atoms with Gasteiger partial charge < -0.3 is 14.4 Å². The van der Waals surface area contributed by atoms with Crippen LogP contribution in [0.25, 0.3) is 10.9 Å². The molecule has 0 aliphatic rings. The lowest BCUT2D eigenvalue weighted by Crippen LogP contribution is -2.16. The van der Waals surface area contributed by atoms with Gasteiger partial charge in [-0.15, -0.1) is 11.8 Å². The van der Waals surface area contributed by atoms with E-state index in [1.54, 1.807) is 18.3 Å². The number of aromatic nitrogens is 2. The summed E-state index contributed by atoms with van der Waals surface area (Å²) in [4.78, 5) is 17.0. The molecule has 0 fully saturated rings. The zero-order valence-electron chi connectivity index (χ0n) is 22.5. The molecule has 0 aliphatic heterocycles. The molecule has 4 aromatic rings. The molecular weight excluding hydrogens is 480 g/mol. The first kappa shape index (κ1) is 26.8. The zero-order chi connectivity index (χ0) is 26.8. The first-order chi connectivity index (χ1) is 17.4. The number of carbonyl (C=O) groups is 1. The number of nitrogens with zero attached hydrogens (tertiary/aromatic N) is 2. The van der Waals surface area contributed by atoms with E-state index in [9.17, 15) is 9.90 Å². The molecular formula is C31H36N2O3S. The third-order valence-electron chi connectivity index (χ3n) is 5.85. The van der Waals surface area contributed by atoms with Gasteiger partial charge in [-0.3, -0.25) is 4.98 Å². The van der Waals surface area contributed by atoms with Crippen LogP contribution in [0.4, 0.5) is 0 Å². The highest BCUT2D eigenvalue weighted by Crippen LogP contribution is 2.44. The number of benzene rings is 2. The van der Waals surface area contributed by atoms with E-state index in [0.29, 0.717) is 18.7 Å². The van der Waals surface area contributed by atoms with Gasteiger partial charge in [0.05, 0.1) is 11.3 Å². The molecule has 6 heteroatoms. The van der Waals surface area contributed by atoms with Crippen molar-refractivity contribution in [2.24, 2.45) is 5.41 Å². The Morgan fingerprint density at radius 3 is 2.32 bits per heavy atom. The summed E-state index contributed by atoms with van der Waals surface area (Å²) in [5, 5.41) is 10.5. The minimum atomic E-state index is -0.909. The summed E-state index contributed by atoms with van der Waals surface area (Å²) in [6.45, 7) is 14.6. The molecule has 0 atom stereocenters. The average molecular weight is 517 g/mol. The summed E-state index contributed by atoms with van der Waals surface area (Å²) in [5.41, 5.74) is 4.80. The largest absolute Gasteiger partial charge is 0.487 e. The van der Waals surface area contributed by atoms with E-state index in [-0.39, 0.29) is 10.2 Å². The van der Waals surface area contributed by atoms with Crippen molar-refractivity contribution in [3.63, 3.8) is 0 Å². The van der Waals surface area contributed by atoms with E-state index in [2.05, 4.69) is 63.2 Å². The molecule has 0 amide bonds. The predicted octanol–water partition coefficient (Wildman–Crippen LogP) is 7.84. The molecule has 2 aromatic heterocycles. The summed E-state index contributed by atoms with van der Waals surface area (Å²) < 4.78 is 8.58. The van der Waals surface area contributed by atoms with Crippen LogP contribution in [0.5, 0.6) is 5.75 Å². The number of pyridine rings is 1. The number of aromatic carboxylic acids is 1. The number of carboxylic acids is 1. The Balaban J connectivity index is 1.81. The van der Waals surface area contributed by atoms with Gasteiger partial charge in [0.15, 0.2) is 0 Å². The molecule has 0 saturated carbocycles. The van der Waals surface area contributed by atoms with Crippen LogP contribution in [0.2, 0.25) is 0 Å². The van der Waals surface area contributed by atoms with Gasteiger partial charge in [-0.05, 0) is 59.9 Å². The van der Waals surface area contributed by atoms with Crippen molar-refractivity contribution in [3.8, 4) is 5.75 Å². The fraction of sp³-hybridized carbons (Fsp3) is 0.355. The molecule has 2 heterocycles. The molecule has 2 aromatic carbocycles. The van der Waals surface area contributed by atoms with E-state index in [1.165, 1.54) is 16.0 Å². The molecule has 1 N–H and O–H groups in total. The molecule has 0 radical (unpaired) electrons. The molecule has 4 rings (SSSR count). The summed E-state index contributed by atoms with van der Waals surface area (Å²) in [7, 11) is 0. The van der Waals surface area contributed by atoms with Crippen molar-refractivity contribution in [2.75, 3.05) is 0 Å². The van der Waals surface area contributed by atoms with Crippen molar-refractivity contribution in [1.29, 1.82) is 0 Å². The van der Waals surface area contributed by atoms with Crippen LogP contribution in [-0.4, -0.2) is 25.4 Å². The van der Waals surface area contributed by atoms with Crippen molar-refractivity contribution in [1.82, 2.24) is 9.55 Å². The second-order valence-electron chi connectivity index (χ2n) is 11.6. The number of hydrogen-bond acceptors (Lipinski definition) is 4. The predicted molar refractivity (Wildman–Crippen MR) is 152 cm³/mol. The van der Waals surface area contributed by atoms with Crippen molar-refractivity contribution in [2.45, 2.75) is 70.8 Å². The molecule has 0 bridgehead atoms. The Hall–Kier alpha value is -3.25. The van der Waals surface area contributed by atoms with Crippen molar-refractivity contribution in [3.05, 3.63) is 89.4 Å². The molecule has 0 aliphatic carbocycles. The standard InChI is InChI=1S/C31H36N2O3S/c1-30(2,3)18-27-28(37-31(4,5)6)25-17-24(36-20-23-9-7-8-16-32-23)14-15-26(25)33(27)19-21-10-12-22(13-11-21)29(34)35/h7-17H,18-20H2,1-6H3,(H,34,35). The second-order valence-corrected chi connectivity index (χ2v) is 13.4. The Labute approximate surface area is 223 Å². The van der Waals surface area contributed by atoms with Gasteiger partial charge in [-0.25, -0.2) is 4.79 Å². The summed E-state index contributed by atoms with van der Waals surface area (Å²) in [6, 6.07) is 19.4. The normalized spacial score (nSPS) is 12.2. The zero-order valence-corrected chi connectivity index (χ0v) is 23.4. The lowest BCUT2D eigenvalue weighted by molar-refractivity contribution is 0.0697. The smallest absolute Gasteiger partial charge is 0.335 e. The van der Waals surface area contributed by atoms with E-state index in [0.717, 1.165) is 28.9 Å². The molecule has 0 unspecified atom stereocenters. The van der Waals surface area contributed by atoms with E-state index in [1.807, 2.05) is 48.2 Å². The highest BCUT2D eigenvalue weighted by atomic mass is 32.2. The molecule has 0 saturated heterocycles. The number of carboxylic acid groups (broad SMARTS) is 1. The van der Waals surface area contributed by atoms with Crippen LogP contribution in [0.15, 0.2) is 71.8 Å². The van der Waals surface area contributed by atoms with E-state index >= 15 is 0 Å². The van der Waals surface area contributed by atoms with E-state index in [4.69, 9.17) is 4.74 Å². The Bertz CT molecular complexity index is 1380. The number of rotatable bonds is 8. The highest BCUT2D eigenvalue weighted by Gasteiger charge is 2.26. The SMILES string of the molecule is CC(C)(C)Cc1c(SC(C)(C)C)c2cc(OCc3ccccn3)ccc2n1Cc1ccc(C(=O)O)cc1. The maximum Gasteiger partial charge on any atom is 0.335 e. The Kier molecular flexibility index (Phi) is 7.69. The lowest BCUT2D eigenvalue weighted by atomic mass is 9.90. The number of fused-ring (bicyclic) bond motifs is 1. The highest BCUT2D eigenvalue weighted by molar-refractivity contribution is 8.00. The number of hydrogen-bond donors (Lipinski definition) is 1. The summed E-state index contributed by atoms with van der Waals surface area (Å²) in [6.07, 6.45) is 2.69. The fourth-order valence-electron chi connectivity index (χ4n) is 4.30. The molecule has 194 valence electrons. The van der Waals surface area contributed by atoms with Gasteiger partial charge >= 0.3 is 5.97 Å². The monoisotopic (exact) mass is 516 g/mol. The average Bonchev–Trinajstić information content (AvgIpc) is 3.08. The topological polar surface area (TPSA) is 64.4 Å². The van der Waals surface area contributed by atoms with Crippen LogP contribution < -0.4 is 4.74 Å². The second kappa shape index (κ2) is 10.6. The molecule has 5 nitrogen and oxygen atoms in total.